The lowest BCUT2D eigenvalue weighted by molar-refractivity contribution is 0.479. The first kappa shape index (κ1) is 9.95. The summed E-state index contributed by atoms with van der Waals surface area (Å²) in [6, 6.07) is 0. The standard InChI is InChI=1S/C7H5ClN2O2S2/c8-2-14-7-4(1-5(13)12-7)6-10-9-3-11-6/h3H,1-2H2. The minimum atomic E-state index is 0.398. The molecule has 0 fully saturated rings. The molecule has 7 heteroatoms. The van der Waals surface area contributed by atoms with Gasteiger partial charge in [0.05, 0.1) is 17.2 Å². The van der Waals surface area contributed by atoms with Gasteiger partial charge in [0, 0.05) is 0 Å². The van der Waals surface area contributed by atoms with Crippen LogP contribution in [0.4, 0.5) is 0 Å². The number of hydrogen-bond donors (Lipinski definition) is 0. The lowest BCUT2D eigenvalue weighted by Crippen LogP contribution is -1.88. The van der Waals surface area contributed by atoms with Gasteiger partial charge >= 0.3 is 0 Å². The molecule has 0 N–H and O–H groups in total. The van der Waals surface area contributed by atoms with E-state index in [4.69, 9.17) is 33.0 Å². The number of halogens is 1. The first-order valence-corrected chi connectivity index (χ1v) is 5.63. The predicted molar refractivity (Wildman–Crippen MR) is 57.8 cm³/mol. The second-order valence-corrected chi connectivity index (χ2v) is 4.40. The van der Waals surface area contributed by atoms with Gasteiger partial charge in [0.1, 0.15) is 0 Å². The molecular formula is C7H5ClN2O2S2. The number of ether oxygens (including phenoxy) is 1. The predicted octanol–water partition coefficient (Wildman–Crippen LogP) is 2.42. The maximum absolute atomic E-state index is 5.59. The van der Waals surface area contributed by atoms with Crippen molar-refractivity contribution < 1.29 is 9.15 Å². The van der Waals surface area contributed by atoms with Crippen LogP contribution in [0.3, 0.4) is 0 Å². The first-order chi connectivity index (χ1) is 6.81. The molecule has 0 aromatic carbocycles. The number of rotatable bonds is 3. The molecular weight excluding hydrogens is 244 g/mol. The highest BCUT2D eigenvalue weighted by Crippen LogP contribution is 2.36. The first-order valence-electron chi connectivity index (χ1n) is 3.70. The molecule has 74 valence electrons. The molecule has 0 spiro atoms. The molecule has 2 heterocycles. The van der Waals surface area contributed by atoms with E-state index in [1.807, 2.05) is 0 Å². The van der Waals surface area contributed by atoms with Crippen LogP contribution in [-0.4, -0.2) is 20.5 Å². The largest absolute Gasteiger partial charge is 0.443 e. The van der Waals surface area contributed by atoms with Gasteiger partial charge < -0.3 is 9.15 Å². The number of hydrogen-bond acceptors (Lipinski definition) is 6. The molecule has 0 aliphatic carbocycles. The molecule has 1 aliphatic rings. The second kappa shape index (κ2) is 4.29. The van der Waals surface area contributed by atoms with E-state index in [-0.39, 0.29) is 0 Å². The van der Waals surface area contributed by atoms with Crippen molar-refractivity contribution in [2.45, 2.75) is 6.42 Å². The highest BCUT2D eigenvalue weighted by atomic mass is 35.5. The smallest absolute Gasteiger partial charge is 0.248 e. The summed E-state index contributed by atoms with van der Waals surface area (Å²) < 4.78 is 10.4. The normalized spacial score (nSPS) is 16.2. The van der Waals surface area contributed by atoms with Crippen molar-refractivity contribution in [2.75, 3.05) is 5.21 Å². The van der Waals surface area contributed by atoms with E-state index < -0.39 is 0 Å². The Morgan fingerprint density at radius 1 is 1.64 bits per heavy atom. The van der Waals surface area contributed by atoms with E-state index in [2.05, 4.69) is 10.2 Å². The summed E-state index contributed by atoms with van der Waals surface area (Å²) in [7, 11) is 0. The van der Waals surface area contributed by atoms with Crippen LogP contribution in [0.1, 0.15) is 12.3 Å². The zero-order valence-corrected chi connectivity index (χ0v) is 9.29. The molecule has 0 saturated heterocycles. The van der Waals surface area contributed by atoms with Crippen molar-refractivity contribution in [3.63, 3.8) is 0 Å². The van der Waals surface area contributed by atoms with Gasteiger partial charge in [-0.1, -0.05) is 11.8 Å². The van der Waals surface area contributed by atoms with E-state index in [1.54, 1.807) is 0 Å². The molecule has 0 bridgehead atoms. The molecule has 0 unspecified atom stereocenters. The van der Waals surface area contributed by atoms with Crippen LogP contribution in [-0.2, 0) is 4.74 Å². The van der Waals surface area contributed by atoms with Crippen LogP contribution in [0.5, 0.6) is 0 Å². The SMILES string of the molecule is S=C1CC(c2nnco2)=C(SCCl)O1. The van der Waals surface area contributed by atoms with Crippen LogP contribution in [0.15, 0.2) is 15.9 Å². The van der Waals surface area contributed by atoms with Gasteiger partial charge in [-0.15, -0.1) is 21.8 Å². The number of aromatic nitrogens is 2. The van der Waals surface area contributed by atoms with Crippen molar-refractivity contribution >= 4 is 46.2 Å². The minimum absolute atomic E-state index is 0.398. The number of thiocarbonyl (C=S) groups is 1. The van der Waals surface area contributed by atoms with Crippen molar-refractivity contribution in [2.24, 2.45) is 0 Å². The Hall–Kier alpha value is -0.590. The zero-order chi connectivity index (χ0) is 9.97. The molecule has 4 nitrogen and oxygen atoms in total. The van der Waals surface area contributed by atoms with E-state index in [9.17, 15) is 0 Å². The summed E-state index contributed by atoms with van der Waals surface area (Å²) in [5.74, 6) is 0.442. The fourth-order valence-electron chi connectivity index (χ4n) is 1.05. The van der Waals surface area contributed by atoms with Crippen molar-refractivity contribution in [3.8, 4) is 0 Å². The van der Waals surface area contributed by atoms with Gasteiger partial charge in [-0.05, 0) is 12.2 Å². The zero-order valence-electron chi connectivity index (χ0n) is 6.90. The van der Waals surface area contributed by atoms with Crippen LogP contribution in [0.25, 0.3) is 5.57 Å². The summed E-state index contributed by atoms with van der Waals surface area (Å²) in [5.41, 5.74) is 0.818. The summed E-state index contributed by atoms with van der Waals surface area (Å²) >= 11 is 11.9. The average molecular weight is 249 g/mol. The van der Waals surface area contributed by atoms with Gasteiger partial charge in [0.25, 0.3) is 0 Å². The monoisotopic (exact) mass is 248 g/mol. The maximum Gasteiger partial charge on any atom is 0.248 e. The Bertz CT molecular complexity index is 377. The Kier molecular flexibility index (Phi) is 3.05. The van der Waals surface area contributed by atoms with Gasteiger partial charge in [-0.25, -0.2) is 0 Å². The fourth-order valence-corrected chi connectivity index (χ4v) is 2.22. The molecule has 1 aromatic heterocycles. The highest BCUT2D eigenvalue weighted by molar-refractivity contribution is 8.04. The maximum atomic E-state index is 5.59. The van der Waals surface area contributed by atoms with Crippen LogP contribution < -0.4 is 0 Å². The van der Waals surface area contributed by atoms with Crippen LogP contribution >= 0.6 is 35.6 Å². The summed E-state index contributed by atoms with van der Waals surface area (Å²) in [4.78, 5) is 0. The number of nitrogens with zero attached hydrogens (tertiary/aromatic N) is 2. The van der Waals surface area contributed by atoms with Gasteiger partial charge in [-0.3, -0.25) is 0 Å². The Labute approximate surface area is 94.7 Å². The lowest BCUT2D eigenvalue weighted by Gasteiger charge is -1.99. The number of alkyl halides is 1. The highest BCUT2D eigenvalue weighted by Gasteiger charge is 2.25. The summed E-state index contributed by atoms with van der Waals surface area (Å²) in [5, 5.41) is 8.95. The molecule has 0 saturated carbocycles. The fraction of sp³-hybridized carbons (Fsp3) is 0.286. The van der Waals surface area contributed by atoms with E-state index >= 15 is 0 Å². The van der Waals surface area contributed by atoms with Gasteiger partial charge in [0.15, 0.2) is 10.1 Å². The molecule has 0 radical (unpaired) electrons. The Balaban J connectivity index is 2.30. The molecule has 1 aliphatic heterocycles. The number of thioether (sulfide) groups is 1. The van der Waals surface area contributed by atoms with Crippen molar-refractivity contribution in [1.29, 1.82) is 0 Å². The average Bonchev–Trinajstić information content (AvgIpc) is 2.74. The lowest BCUT2D eigenvalue weighted by atomic mass is 10.2. The molecule has 2 rings (SSSR count). The van der Waals surface area contributed by atoms with Crippen molar-refractivity contribution in [3.05, 3.63) is 17.4 Å². The second-order valence-electron chi connectivity index (χ2n) is 2.41. The van der Waals surface area contributed by atoms with Gasteiger partial charge in [0.2, 0.25) is 12.3 Å². The Morgan fingerprint density at radius 2 is 2.50 bits per heavy atom. The van der Waals surface area contributed by atoms with Crippen LogP contribution in [0, 0.1) is 0 Å². The Morgan fingerprint density at radius 3 is 3.14 bits per heavy atom. The molecule has 14 heavy (non-hydrogen) atoms. The summed E-state index contributed by atoms with van der Waals surface area (Å²) in [6.07, 6.45) is 1.80. The van der Waals surface area contributed by atoms with Crippen molar-refractivity contribution in [1.82, 2.24) is 10.2 Å². The molecule has 0 atom stereocenters. The third-order valence-corrected chi connectivity index (χ3v) is 2.83. The van der Waals surface area contributed by atoms with E-state index in [1.165, 1.54) is 18.2 Å². The van der Waals surface area contributed by atoms with Gasteiger partial charge in [-0.2, -0.15) is 0 Å². The molecule has 0 amide bonds. The summed E-state index contributed by atoms with van der Waals surface area (Å²) in [6.45, 7) is 0. The van der Waals surface area contributed by atoms with E-state index in [0.717, 1.165) is 5.57 Å². The van der Waals surface area contributed by atoms with E-state index in [0.29, 0.717) is 27.7 Å². The third kappa shape index (κ3) is 1.92. The third-order valence-electron chi connectivity index (χ3n) is 1.58. The molecule has 1 aromatic rings. The minimum Gasteiger partial charge on any atom is -0.443 e. The quantitative estimate of drug-likeness (QED) is 0.605. The van der Waals surface area contributed by atoms with Crippen LogP contribution in [0.2, 0.25) is 0 Å². The topological polar surface area (TPSA) is 48.2 Å².